The number of amides is 1. The molecular weight excluding hydrogens is 214 g/mol. The van der Waals surface area contributed by atoms with E-state index in [2.05, 4.69) is 10.2 Å². The molecule has 0 aromatic heterocycles. The Morgan fingerprint density at radius 2 is 2.06 bits per heavy atom. The fourth-order valence-electron chi connectivity index (χ4n) is 1.61. The molecule has 0 saturated carbocycles. The van der Waals surface area contributed by atoms with E-state index in [-0.39, 0.29) is 11.9 Å². The minimum absolute atomic E-state index is 0.0359. The number of carbonyl (C=O) groups excluding carboxylic acids is 1. The van der Waals surface area contributed by atoms with Gasteiger partial charge in [0.1, 0.15) is 0 Å². The van der Waals surface area contributed by atoms with Crippen molar-refractivity contribution in [2.24, 2.45) is 5.73 Å². The second-order valence-electron chi connectivity index (χ2n) is 4.62. The van der Waals surface area contributed by atoms with Crippen molar-refractivity contribution in [3.05, 3.63) is 29.8 Å². The van der Waals surface area contributed by atoms with E-state index in [1.807, 2.05) is 45.3 Å². The molecule has 17 heavy (non-hydrogen) atoms. The average molecular weight is 235 g/mol. The van der Waals surface area contributed by atoms with Gasteiger partial charge in [0.2, 0.25) is 5.91 Å². The summed E-state index contributed by atoms with van der Waals surface area (Å²) < 4.78 is 0. The lowest BCUT2D eigenvalue weighted by molar-refractivity contribution is -0.116. The van der Waals surface area contributed by atoms with E-state index in [1.54, 1.807) is 0 Å². The van der Waals surface area contributed by atoms with Gasteiger partial charge in [-0.3, -0.25) is 4.79 Å². The molecule has 1 unspecified atom stereocenters. The molecule has 0 aliphatic rings. The van der Waals surface area contributed by atoms with Crippen LogP contribution >= 0.6 is 0 Å². The summed E-state index contributed by atoms with van der Waals surface area (Å²) in [6.45, 7) is 2.62. The van der Waals surface area contributed by atoms with Gasteiger partial charge in [-0.05, 0) is 32.6 Å². The zero-order valence-corrected chi connectivity index (χ0v) is 10.7. The summed E-state index contributed by atoms with van der Waals surface area (Å²) >= 11 is 0. The molecule has 0 radical (unpaired) electrons. The maximum atomic E-state index is 11.7. The topological polar surface area (TPSA) is 58.4 Å². The van der Waals surface area contributed by atoms with Gasteiger partial charge in [-0.15, -0.1) is 0 Å². The van der Waals surface area contributed by atoms with Gasteiger partial charge in [0.05, 0.1) is 0 Å². The maximum absolute atomic E-state index is 11.7. The van der Waals surface area contributed by atoms with Crippen molar-refractivity contribution in [1.29, 1.82) is 0 Å². The number of anilines is 1. The first-order valence-corrected chi connectivity index (χ1v) is 5.77. The second kappa shape index (κ2) is 6.37. The molecule has 94 valence electrons. The van der Waals surface area contributed by atoms with Crippen LogP contribution in [0.2, 0.25) is 0 Å². The Labute approximate surface area is 103 Å². The smallest absolute Gasteiger partial charge is 0.225 e. The van der Waals surface area contributed by atoms with Gasteiger partial charge in [0, 0.05) is 24.7 Å². The van der Waals surface area contributed by atoms with Crippen LogP contribution in [-0.2, 0) is 11.3 Å². The predicted octanol–water partition coefficient (Wildman–Crippen LogP) is 1.42. The third kappa shape index (κ3) is 4.97. The highest BCUT2D eigenvalue weighted by atomic mass is 16.1. The summed E-state index contributed by atoms with van der Waals surface area (Å²) in [5, 5.41) is 2.90. The Bertz CT molecular complexity index is 375. The lowest BCUT2D eigenvalue weighted by Gasteiger charge is -2.15. The van der Waals surface area contributed by atoms with Crippen molar-refractivity contribution in [2.45, 2.75) is 25.9 Å². The van der Waals surface area contributed by atoms with Crippen molar-refractivity contribution in [3.8, 4) is 0 Å². The van der Waals surface area contributed by atoms with E-state index in [9.17, 15) is 4.79 Å². The van der Waals surface area contributed by atoms with Crippen LogP contribution in [0.1, 0.15) is 18.9 Å². The zero-order valence-electron chi connectivity index (χ0n) is 10.7. The predicted molar refractivity (Wildman–Crippen MR) is 70.7 cm³/mol. The summed E-state index contributed by atoms with van der Waals surface area (Å²) in [7, 11) is 4.00. The Kier molecular flexibility index (Phi) is 5.12. The summed E-state index contributed by atoms with van der Waals surface area (Å²) in [5.74, 6) is -0.0359. The molecular formula is C13H21N3O. The largest absolute Gasteiger partial charge is 0.327 e. The van der Waals surface area contributed by atoms with Crippen molar-refractivity contribution in [3.63, 3.8) is 0 Å². The minimum atomic E-state index is -0.115. The van der Waals surface area contributed by atoms with Gasteiger partial charge >= 0.3 is 0 Å². The molecule has 1 aromatic rings. The number of benzene rings is 1. The number of nitrogens with zero attached hydrogens (tertiary/aromatic N) is 1. The summed E-state index contributed by atoms with van der Waals surface area (Å²) in [6.07, 6.45) is 0.344. The van der Waals surface area contributed by atoms with Gasteiger partial charge in [-0.1, -0.05) is 18.2 Å². The van der Waals surface area contributed by atoms with Crippen LogP contribution in [-0.4, -0.2) is 30.9 Å². The normalized spacial score (nSPS) is 12.5. The highest BCUT2D eigenvalue weighted by Crippen LogP contribution is 2.16. The van der Waals surface area contributed by atoms with E-state index in [0.29, 0.717) is 6.42 Å². The fraction of sp³-hybridized carbons (Fsp3) is 0.462. The Balaban J connectivity index is 2.72. The van der Waals surface area contributed by atoms with Crippen LogP contribution < -0.4 is 11.1 Å². The first-order chi connectivity index (χ1) is 7.99. The van der Waals surface area contributed by atoms with E-state index >= 15 is 0 Å². The van der Waals surface area contributed by atoms with Gasteiger partial charge in [0.25, 0.3) is 0 Å². The van der Waals surface area contributed by atoms with Crippen LogP contribution in [0.25, 0.3) is 0 Å². The molecule has 0 fully saturated rings. The Hall–Kier alpha value is -1.39. The highest BCUT2D eigenvalue weighted by Gasteiger charge is 2.08. The van der Waals surface area contributed by atoms with Crippen LogP contribution in [0.3, 0.4) is 0 Å². The monoisotopic (exact) mass is 235 g/mol. The number of nitrogens with one attached hydrogen (secondary N) is 1. The fourth-order valence-corrected chi connectivity index (χ4v) is 1.61. The number of para-hydroxylation sites is 1. The third-order valence-corrected chi connectivity index (χ3v) is 2.29. The molecule has 1 atom stereocenters. The van der Waals surface area contributed by atoms with Crippen LogP contribution in [0.5, 0.6) is 0 Å². The van der Waals surface area contributed by atoms with E-state index in [4.69, 9.17) is 5.73 Å². The van der Waals surface area contributed by atoms with Crippen molar-refractivity contribution in [1.82, 2.24) is 4.90 Å². The number of hydrogen-bond acceptors (Lipinski definition) is 3. The van der Waals surface area contributed by atoms with Crippen molar-refractivity contribution < 1.29 is 4.79 Å². The molecule has 4 heteroatoms. The van der Waals surface area contributed by atoms with E-state index < -0.39 is 0 Å². The highest BCUT2D eigenvalue weighted by molar-refractivity contribution is 5.91. The minimum Gasteiger partial charge on any atom is -0.327 e. The lowest BCUT2D eigenvalue weighted by atomic mass is 10.1. The number of hydrogen-bond donors (Lipinski definition) is 2. The summed E-state index contributed by atoms with van der Waals surface area (Å²) in [6, 6.07) is 7.70. The molecule has 0 spiro atoms. The van der Waals surface area contributed by atoms with Crippen LogP contribution in [0, 0.1) is 0 Å². The van der Waals surface area contributed by atoms with Crippen LogP contribution in [0.15, 0.2) is 24.3 Å². The average Bonchev–Trinajstić information content (AvgIpc) is 2.18. The van der Waals surface area contributed by atoms with Crippen LogP contribution in [0.4, 0.5) is 5.69 Å². The number of carbonyl (C=O) groups is 1. The molecule has 3 N–H and O–H groups in total. The zero-order chi connectivity index (χ0) is 12.8. The molecule has 0 aliphatic carbocycles. The standard InChI is InChI=1S/C13H21N3O/c1-10(14)8-13(17)15-12-7-5-4-6-11(12)9-16(2)3/h4-7,10H,8-9,14H2,1-3H3,(H,15,17). The van der Waals surface area contributed by atoms with Crippen molar-refractivity contribution in [2.75, 3.05) is 19.4 Å². The van der Waals surface area contributed by atoms with E-state index in [1.165, 1.54) is 0 Å². The maximum Gasteiger partial charge on any atom is 0.225 e. The quantitative estimate of drug-likeness (QED) is 0.811. The number of nitrogens with two attached hydrogens (primary N) is 1. The molecule has 0 heterocycles. The first-order valence-electron chi connectivity index (χ1n) is 5.77. The Morgan fingerprint density at radius 3 is 2.65 bits per heavy atom. The molecule has 1 amide bonds. The first kappa shape index (κ1) is 13.7. The molecule has 0 saturated heterocycles. The third-order valence-electron chi connectivity index (χ3n) is 2.29. The van der Waals surface area contributed by atoms with Gasteiger partial charge in [-0.2, -0.15) is 0 Å². The van der Waals surface area contributed by atoms with Gasteiger partial charge in [0.15, 0.2) is 0 Å². The summed E-state index contributed by atoms with van der Waals surface area (Å²) in [5.41, 5.74) is 7.57. The van der Waals surface area contributed by atoms with Gasteiger partial charge in [-0.25, -0.2) is 0 Å². The van der Waals surface area contributed by atoms with Gasteiger partial charge < -0.3 is 16.0 Å². The SMILES string of the molecule is CC(N)CC(=O)Nc1ccccc1CN(C)C. The lowest BCUT2D eigenvalue weighted by Crippen LogP contribution is -2.24. The summed E-state index contributed by atoms with van der Waals surface area (Å²) in [4.78, 5) is 13.7. The second-order valence-corrected chi connectivity index (χ2v) is 4.62. The molecule has 0 aliphatic heterocycles. The van der Waals surface area contributed by atoms with Crippen molar-refractivity contribution >= 4 is 11.6 Å². The van der Waals surface area contributed by atoms with E-state index in [0.717, 1.165) is 17.8 Å². The molecule has 4 nitrogen and oxygen atoms in total. The molecule has 0 bridgehead atoms. The molecule has 1 aromatic carbocycles. The molecule has 1 rings (SSSR count). The Morgan fingerprint density at radius 1 is 1.41 bits per heavy atom. The number of rotatable bonds is 5.